The van der Waals surface area contributed by atoms with E-state index >= 15 is 0 Å². The number of carbonyl (C=O) groups is 2. The van der Waals surface area contributed by atoms with E-state index in [0.717, 1.165) is 44.3 Å². The molecule has 1 saturated heterocycles. The van der Waals surface area contributed by atoms with Crippen LogP contribution in [-0.2, 0) is 4.79 Å². The molecule has 1 saturated carbocycles. The summed E-state index contributed by atoms with van der Waals surface area (Å²) >= 11 is 0. The van der Waals surface area contributed by atoms with Gasteiger partial charge in [-0.25, -0.2) is 4.98 Å². The van der Waals surface area contributed by atoms with Gasteiger partial charge >= 0.3 is 0 Å². The molecule has 1 spiro atoms. The summed E-state index contributed by atoms with van der Waals surface area (Å²) < 4.78 is 0. The molecule has 2 atom stereocenters. The zero-order valence-electron chi connectivity index (χ0n) is 12.3. The van der Waals surface area contributed by atoms with Crippen LogP contribution < -0.4 is 10.6 Å². The molecule has 1 aliphatic heterocycles. The van der Waals surface area contributed by atoms with Gasteiger partial charge in [0.15, 0.2) is 0 Å². The van der Waals surface area contributed by atoms with Gasteiger partial charge in [0.1, 0.15) is 5.69 Å². The molecule has 1 aliphatic carbocycles. The van der Waals surface area contributed by atoms with Crippen LogP contribution in [0.3, 0.4) is 0 Å². The maximum Gasteiger partial charge on any atom is 0.270 e. The molecule has 2 fully saturated rings. The first-order chi connectivity index (χ1) is 10.1. The van der Waals surface area contributed by atoms with Crippen LogP contribution in [0.15, 0.2) is 18.2 Å². The Kier molecular flexibility index (Phi) is 3.66. The average Bonchev–Trinajstić information content (AvgIpc) is 2.80. The average molecular weight is 287 g/mol. The molecule has 2 N–H and O–H groups in total. The maximum absolute atomic E-state index is 12.3. The quantitative estimate of drug-likeness (QED) is 0.867. The van der Waals surface area contributed by atoms with E-state index in [0.29, 0.717) is 5.69 Å². The summed E-state index contributed by atoms with van der Waals surface area (Å²) in [6.07, 6.45) is 4.50. The number of aromatic nitrogens is 1. The molecule has 1 aromatic heterocycles. The molecule has 0 radical (unpaired) electrons. The summed E-state index contributed by atoms with van der Waals surface area (Å²) in [6, 6.07) is 5.50. The molecule has 1 aromatic rings. The van der Waals surface area contributed by atoms with Gasteiger partial charge in [-0.15, -0.1) is 0 Å². The number of hydrogen-bond donors (Lipinski definition) is 2. The van der Waals surface area contributed by atoms with Gasteiger partial charge in [0.05, 0.1) is 5.41 Å². The fourth-order valence-corrected chi connectivity index (χ4v) is 3.56. The van der Waals surface area contributed by atoms with Crippen molar-refractivity contribution in [3.8, 4) is 0 Å². The standard InChI is InChI=1S/C16H21N3O2/c1-11-4-2-6-13(18-11)14(20)19-12-5-3-7-16(10-12)8-9-17-15(16)21/h2,4,6,12H,3,5,7-10H2,1H3,(H,17,21)(H,19,20)/t12?,16-/m0/s1. The first-order valence-electron chi connectivity index (χ1n) is 7.62. The second kappa shape index (κ2) is 5.47. The molecular formula is C16H21N3O2. The van der Waals surface area contributed by atoms with Crippen LogP contribution >= 0.6 is 0 Å². The van der Waals surface area contributed by atoms with E-state index in [4.69, 9.17) is 0 Å². The lowest BCUT2D eigenvalue weighted by Crippen LogP contribution is -2.45. The van der Waals surface area contributed by atoms with E-state index in [1.807, 2.05) is 19.1 Å². The number of pyridine rings is 1. The lowest BCUT2D eigenvalue weighted by Gasteiger charge is -2.36. The Balaban J connectivity index is 1.67. The molecule has 2 aliphatic rings. The fourth-order valence-electron chi connectivity index (χ4n) is 3.56. The maximum atomic E-state index is 12.3. The van der Waals surface area contributed by atoms with Crippen LogP contribution in [0.1, 0.15) is 48.3 Å². The Morgan fingerprint density at radius 1 is 1.43 bits per heavy atom. The molecule has 2 amide bonds. The summed E-state index contributed by atoms with van der Waals surface area (Å²) in [7, 11) is 0. The van der Waals surface area contributed by atoms with Crippen molar-refractivity contribution in [1.82, 2.24) is 15.6 Å². The number of amides is 2. The summed E-state index contributed by atoms with van der Waals surface area (Å²) in [4.78, 5) is 28.6. The minimum Gasteiger partial charge on any atom is -0.356 e. The highest BCUT2D eigenvalue weighted by molar-refractivity contribution is 5.92. The third-order valence-electron chi connectivity index (χ3n) is 4.67. The Bertz CT molecular complexity index is 572. The third-order valence-corrected chi connectivity index (χ3v) is 4.67. The van der Waals surface area contributed by atoms with Gasteiger partial charge in [-0.2, -0.15) is 0 Å². The molecule has 3 rings (SSSR count). The van der Waals surface area contributed by atoms with Gasteiger partial charge in [-0.1, -0.05) is 12.5 Å². The Hall–Kier alpha value is -1.91. The lowest BCUT2D eigenvalue weighted by atomic mass is 9.71. The molecule has 2 heterocycles. The first-order valence-corrected chi connectivity index (χ1v) is 7.62. The predicted molar refractivity (Wildman–Crippen MR) is 78.8 cm³/mol. The number of rotatable bonds is 2. The molecular weight excluding hydrogens is 266 g/mol. The minimum atomic E-state index is -0.254. The highest BCUT2D eigenvalue weighted by atomic mass is 16.2. The number of nitrogens with one attached hydrogen (secondary N) is 2. The van der Waals surface area contributed by atoms with Crippen LogP contribution in [0, 0.1) is 12.3 Å². The van der Waals surface area contributed by atoms with Gasteiger partial charge in [0.25, 0.3) is 5.91 Å². The second-order valence-electron chi connectivity index (χ2n) is 6.22. The summed E-state index contributed by atoms with van der Waals surface area (Å²) in [5, 5.41) is 5.98. The van der Waals surface area contributed by atoms with Crippen LogP contribution in [0.25, 0.3) is 0 Å². The lowest BCUT2D eigenvalue weighted by molar-refractivity contribution is -0.129. The van der Waals surface area contributed by atoms with Gasteiger partial charge < -0.3 is 10.6 Å². The highest BCUT2D eigenvalue weighted by Crippen LogP contribution is 2.41. The zero-order valence-corrected chi connectivity index (χ0v) is 12.3. The van der Waals surface area contributed by atoms with Gasteiger partial charge in [-0.05, 0) is 44.7 Å². The summed E-state index contributed by atoms with van der Waals surface area (Å²) in [5.74, 6) is 0.0225. The van der Waals surface area contributed by atoms with E-state index in [9.17, 15) is 9.59 Å². The Labute approximate surface area is 124 Å². The molecule has 5 nitrogen and oxygen atoms in total. The van der Waals surface area contributed by atoms with E-state index in [1.54, 1.807) is 6.07 Å². The van der Waals surface area contributed by atoms with E-state index < -0.39 is 0 Å². The smallest absolute Gasteiger partial charge is 0.270 e. The monoisotopic (exact) mass is 287 g/mol. The molecule has 1 unspecified atom stereocenters. The number of carbonyl (C=O) groups excluding carboxylic acids is 2. The summed E-state index contributed by atoms with van der Waals surface area (Å²) in [5.41, 5.74) is 1.03. The van der Waals surface area contributed by atoms with Crippen molar-refractivity contribution in [2.75, 3.05) is 6.54 Å². The Morgan fingerprint density at radius 3 is 3.00 bits per heavy atom. The summed E-state index contributed by atoms with van der Waals surface area (Å²) in [6.45, 7) is 2.63. The van der Waals surface area contributed by atoms with Gasteiger partial charge in [-0.3, -0.25) is 9.59 Å². The number of nitrogens with zero attached hydrogens (tertiary/aromatic N) is 1. The van der Waals surface area contributed by atoms with Gasteiger partial charge in [0.2, 0.25) is 5.91 Å². The van der Waals surface area contributed by atoms with Crippen LogP contribution in [0.4, 0.5) is 0 Å². The van der Waals surface area contributed by atoms with E-state index in [1.165, 1.54) is 0 Å². The van der Waals surface area contributed by atoms with Crippen LogP contribution in [0.5, 0.6) is 0 Å². The van der Waals surface area contributed by atoms with Crippen molar-refractivity contribution in [2.24, 2.45) is 5.41 Å². The van der Waals surface area contributed by atoms with Crippen molar-refractivity contribution in [3.05, 3.63) is 29.6 Å². The minimum absolute atomic E-state index is 0.0670. The Morgan fingerprint density at radius 2 is 2.29 bits per heavy atom. The second-order valence-corrected chi connectivity index (χ2v) is 6.22. The molecule has 0 aromatic carbocycles. The SMILES string of the molecule is Cc1cccc(C(=O)NC2CCC[C@]3(CCNC3=O)C2)n1. The van der Waals surface area contributed by atoms with Crippen molar-refractivity contribution in [1.29, 1.82) is 0 Å². The molecule has 21 heavy (non-hydrogen) atoms. The largest absolute Gasteiger partial charge is 0.356 e. The number of aryl methyl sites for hydroxylation is 1. The van der Waals surface area contributed by atoms with Crippen molar-refractivity contribution < 1.29 is 9.59 Å². The van der Waals surface area contributed by atoms with Crippen molar-refractivity contribution in [2.45, 2.75) is 45.1 Å². The first kappa shape index (κ1) is 14.0. The molecule has 112 valence electrons. The highest BCUT2D eigenvalue weighted by Gasteiger charge is 2.45. The van der Waals surface area contributed by atoms with E-state index in [2.05, 4.69) is 15.6 Å². The number of hydrogen-bond acceptors (Lipinski definition) is 3. The van der Waals surface area contributed by atoms with Crippen molar-refractivity contribution in [3.63, 3.8) is 0 Å². The van der Waals surface area contributed by atoms with E-state index in [-0.39, 0.29) is 23.3 Å². The molecule has 5 heteroatoms. The topological polar surface area (TPSA) is 71.1 Å². The zero-order chi connectivity index (χ0) is 14.9. The van der Waals surface area contributed by atoms with Crippen LogP contribution in [0.2, 0.25) is 0 Å². The normalized spacial score (nSPS) is 28.4. The third kappa shape index (κ3) is 2.77. The molecule has 0 bridgehead atoms. The predicted octanol–water partition coefficient (Wildman–Crippen LogP) is 1.57. The fraction of sp³-hybridized carbons (Fsp3) is 0.562. The van der Waals surface area contributed by atoms with Crippen molar-refractivity contribution >= 4 is 11.8 Å². The van der Waals surface area contributed by atoms with Crippen LogP contribution in [-0.4, -0.2) is 29.4 Å². The van der Waals surface area contributed by atoms with Gasteiger partial charge in [0, 0.05) is 18.3 Å².